The molecule has 1 aromatic carbocycles. The lowest BCUT2D eigenvalue weighted by Gasteiger charge is -2.27. The number of amides is 2. The third-order valence-electron chi connectivity index (χ3n) is 5.88. The van der Waals surface area contributed by atoms with Crippen LogP contribution >= 0.6 is 11.3 Å². The van der Waals surface area contributed by atoms with Crippen molar-refractivity contribution in [3.63, 3.8) is 0 Å². The summed E-state index contributed by atoms with van der Waals surface area (Å²) in [4.78, 5) is 33.1. The first kappa shape index (κ1) is 23.4. The van der Waals surface area contributed by atoms with Crippen LogP contribution in [0.4, 0.5) is 5.13 Å². The van der Waals surface area contributed by atoms with Gasteiger partial charge in [0.2, 0.25) is 11.7 Å². The van der Waals surface area contributed by atoms with E-state index < -0.39 is 0 Å². The largest absolute Gasteiger partial charge is 0.490 e. The van der Waals surface area contributed by atoms with Crippen LogP contribution in [0, 0.1) is 5.92 Å². The zero-order chi connectivity index (χ0) is 23.4. The van der Waals surface area contributed by atoms with Gasteiger partial charge in [0, 0.05) is 29.3 Å². The molecule has 0 bridgehead atoms. The van der Waals surface area contributed by atoms with Gasteiger partial charge in [-0.2, -0.15) is 0 Å². The topological polar surface area (TPSA) is 90.0 Å². The normalized spacial score (nSPS) is 15.4. The molecular weight excluding hydrogens is 442 g/mol. The number of fused-ring (bicyclic) bond motifs is 1. The number of ether oxygens (including phenoxy) is 3. The number of nitrogens with one attached hydrogen (secondary N) is 1. The fourth-order valence-electron chi connectivity index (χ4n) is 3.99. The van der Waals surface area contributed by atoms with E-state index >= 15 is 0 Å². The monoisotopic (exact) mass is 473 g/mol. The molecule has 1 fully saturated rings. The smallest absolute Gasteiger partial charge is 0.254 e. The number of anilines is 1. The summed E-state index contributed by atoms with van der Waals surface area (Å²) in [6.07, 6.45) is 3.68. The number of carbonyl (C=O) groups is 2. The van der Waals surface area contributed by atoms with Gasteiger partial charge in [0.05, 0.1) is 32.1 Å². The fourth-order valence-corrected chi connectivity index (χ4v) is 5.02. The molecule has 8 nitrogen and oxygen atoms in total. The van der Waals surface area contributed by atoms with E-state index in [0.717, 1.165) is 29.8 Å². The molecule has 4 rings (SSSR count). The Labute approximate surface area is 198 Å². The van der Waals surface area contributed by atoms with Crippen molar-refractivity contribution in [2.45, 2.75) is 53.0 Å². The zero-order valence-corrected chi connectivity index (χ0v) is 20.3. The van der Waals surface area contributed by atoms with Crippen LogP contribution in [0.1, 0.15) is 61.0 Å². The molecule has 1 N–H and O–H groups in total. The molecule has 2 amide bonds. The van der Waals surface area contributed by atoms with E-state index in [1.165, 1.54) is 11.3 Å². The van der Waals surface area contributed by atoms with E-state index in [1.807, 2.05) is 20.8 Å². The molecule has 33 heavy (non-hydrogen) atoms. The SMILES string of the molecule is CCOc1cc(C(=O)N2CCc3nc(NC(=O)C4CCC4)sc3C2)cc(OCC)c1OCC. The van der Waals surface area contributed by atoms with Crippen molar-refractivity contribution in [1.29, 1.82) is 0 Å². The number of thiazole rings is 1. The number of carbonyl (C=O) groups excluding carboxylic acids is 2. The summed E-state index contributed by atoms with van der Waals surface area (Å²) in [5.41, 5.74) is 1.46. The third kappa shape index (κ3) is 5.08. The predicted octanol–water partition coefficient (Wildman–Crippen LogP) is 4.28. The molecule has 0 unspecified atom stereocenters. The lowest BCUT2D eigenvalue weighted by Crippen LogP contribution is -2.35. The summed E-state index contributed by atoms with van der Waals surface area (Å²) >= 11 is 1.46. The third-order valence-corrected chi connectivity index (χ3v) is 6.88. The van der Waals surface area contributed by atoms with Gasteiger partial charge in [0.1, 0.15) is 0 Å². The van der Waals surface area contributed by atoms with Crippen LogP contribution in [0.2, 0.25) is 0 Å². The average molecular weight is 474 g/mol. The Kier molecular flexibility index (Phi) is 7.37. The maximum atomic E-state index is 13.4. The first-order chi connectivity index (χ1) is 16.0. The van der Waals surface area contributed by atoms with Crippen molar-refractivity contribution in [3.8, 4) is 17.2 Å². The van der Waals surface area contributed by atoms with Gasteiger partial charge >= 0.3 is 0 Å². The van der Waals surface area contributed by atoms with E-state index in [2.05, 4.69) is 10.3 Å². The fraction of sp³-hybridized carbons (Fsp3) is 0.542. The van der Waals surface area contributed by atoms with Gasteiger partial charge in [0.15, 0.2) is 16.6 Å². The lowest BCUT2D eigenvalue weighted by atomic mass is 9.85. The van der Waals surface area contributed by atoms with Crippen molar-refractivity contribution < 1.29 is 23.8 Å². The summed E-state index contributed by atoms with van der Waals surface area (Å²) in [5.74, 6) is 1.60. The molecular formula is C24H31N3O5S. The molecule has 0 atom stereocenters. The van der Waals surface area contributed by atoms with Crippen LogP contribution in [-0.2, 0) is 17.8 Å². The second-order valence-electron chi connectivity index (χ2n) is 8.08. The number of aromatic nitrogens is 1. The minimum absolute atomic E-state index is 0.0570. The number of nitrogens with zero attached hydrogens (tertiary/aromatic N) is 2. The standard InChI is InChI=1S/C24H31N3O5S/c1-4-30-18-12-16(13-19(31-5-2)21(18)32-6-3)23(29)27-11-10-17-20(14-27)33-24(25-17)26-22(28)15-8-7-9-15/h12-13,15H,4-11,14H2,1-3H3,(H,25,26,28). The van der Waals surface area contributed by atoms with E-state index in [0.29, 0.717) is 67.3 Å². The average Bonchev–Trinajstić information content (AvgIpc) is 3.15. The van der Waals surface area contributed by atoms with Gasteiger partial charge in [-0.15, -0.1) is 0 Å². The highest BCUT2D eigenvalue weighted by Gasteiger charge is 2.29. The maximum absolute atomic E-state index is 13.4. The Morgan fingerprint density at radius 3 is 2.33 bits per heavy atom. The lowest BCUT2D eigenvalue weighted by molar-refractivity contribution is -0.122. The molecule has 1 aromatic heterocycles. The molecule has 0 radical (unpaired) electrons. The first-order valence-electron chi connectivity index (χ1n) is 11.7. The minimum Gasteiger partial charge on any atom is -0.490 e. The number of hydrogen-bond acceptors (Lipinski definition) is 7. The van der Waals surface area contributed by atoms with E-state index in [4.69, 9.17) is 14.2 Å². The van der Waals surface area contributed by atoms with Gasteiger partial charge in [-0.25, -0.2) is 4.98 Å². The summed E-state index contributed by atoms with van der Waals surface area (Å²) in [6, 6.07) is 3.46. The summed E-state index contributed by atoms with van der Waals surface area (Å²) in [6.45, 7) is 8.07. The second kappa shape index (κ2) is 10.4. The zero-order valence-electron chi connectivity index (χ0n) is 19.4. The molecule has 1 aliphatic heterocycles. The molecule has 178 valence electrons. The van der Waals surface area contributed by atoms with E-state index in [1.54, 1.807) is 17.0 Å². The van der Waals surface area contributed by atoms with Crippen LogP contribution in [0.15, 0.2) is 12.1 Å². The Hall–Kier alpha value is -2.81. The van der Waals surface area contributed by atoms with Gasteiger partial charge < -0.3 is 24.4 Å². The van der Waals surface area contributed by atoms with Crippen LogP contribution in [0.3, 0.4) is 0 Å². The Morgan fingerprint density at radius 1 is 1.09 bits per heavy atom. The Balaban J connectivity index is 1.52. The van der Waals surface area contributed by atoms with Crippen molar-refractivity contribution in [2.24, 2.45) is 5.92 Å². The van der Waals surface area contributed by atoms with E-state index in [-0.39, 0.29) is 17.7 Å². The van der Waals surface area contributed by atoms with Crippen molar-refractivity contribution in [3.05, 3.63) is 28.3 Å². The maximum Gasteiger partial charge on any atom is 0.254 e. The predicted molar refractivity (Wildman–Crippen MR) is 126 cm³/mol. The van der Waals surface area contributed by atoms with Crippen LogP contribution in [0.5, 0.6) is 17.2 Å². The van der Waals surface area contributed by atoms with Crippen molar-refractivity contribution >= 4 is 28.3 Å². The highest BCUT2D eigenvalue weighted by atomic mass is 32.1. The highest BCUT2D eigenvalue weighted by Crippen LogP contribution is 2.40. The van der Waals surface area contributed by atoms with Gasteiger partial charge in [0.25, 0.3) is 5.91 Å². The van der Waals surface area contributed by atoms with Gasteiger partial charge in [-0.1, -0.05) is 17.8 Å². The molecule has 2 aliphatic rings. The van der Waals surface area contributed by atoms with Crippen molar-refractivity contribution in [2.75, 3.05) is 31.7 Å². The van der Waals surface area contributed by atoms with Crippen LogP contribution in [-0.4, -0.2) is 48.1 Å². The second-order valence-corrected chi connectivity index (χ2v) is 9.17. The molecule has 9 heteroatoms. The number of benzene rings is 1. The molecule has 0 saturated heterocycles. The van der Waals surface area contributed by atoms with Crippen LogP contribution < -0.4 is 19.5 Å². The Morgan fingerprint density at radius 2 is 1.76 bits per heavy atom. The summed E-state index contributed by atoms with van der Waals surface area (Å²) in [7, 11) is 0. The summed E-state index contributed by atoms with van der Waals surface area (Å²) in [5, 5.41) is 3.59. The highest BCUT2D eigenvalue weighted by molar-refractivity contribution is 7.15. The number of rotatable bonds is 9. The molecule has 1 aliphatic carbocycles. The molecule has 2 heterocycles. The minimum atomic E-state index is -0.0981. The molecule has 2 aromatic rings. The van der Waals surface area contributed by atoms with Crippen LogP contribution in [0.25, 0.3) is 0 Å². The van der Waals surface area contributed by atoms with Crippen molar-refractivity contribution in [1.82, 2.24) is 9.88 Å². The Bertz CT molecular complexity index is 991. The number of hydrogen-bond donors (Lipinski definition) is 1. The van der Waals surface area contributed by atoms with Gasteiger partial charge in [-0.05, 0) is 45.7 Å². The first-order valence-corrected chi connectivity index (χ1v) is 12.5. The molecule has 0 spiro atoms. The molecule has 1 saturated carbocycles. The quantitative estimate of drug-likeness (QED) is 0.585. The van der Waals surface area contributed by atoms with Gasteiger partial charge in [-0.3, -0.25) is 9.59 Å². The van der Waals surface area contributed by atoms with E-state index in [9.17, 15) is 9.59 Å². The summed E-state index contributed by atoms with van der Waals surface area (Å²) < 4.78 is 17.3.